The van der Waals surface area contributed by atoms with Gasteiger partial charge in [-0.3, -0.25) is 10.0 Å². The number of carbonyl (C=O) groups is 1. The quantitative estimate of drug-likeness (QED) is 0.308. The van der Waals surface area contributed by atoms with Gasteiger partial charge in [0.15, 0.2) is 0 Å². The molecule has 0 aromatic carbocycles. The Hall–Kier alpha value is -0.570. The Morgan fingerprint density at radius 2 is 1.39 bits per heavy atom. The van der Waals surface area contributed by atoms with Gasteiger partial charge in [-0.25, -0.2) is 5.48 Å². The highest BCUT2D eigenvalue weighted by atomic mass is 16.5. The molecular formula is C15H31NO2. The minimum absolute atomic E-state index is 0.0657. The van der Waals surface area contributed by atoms with Crippen molar-refractivity contribution >= 4 is 5.91 Å². The van der Waals surface area contributed by atoms with Gasteiger partial charge >= 0.3 is 0 Å². The Kier molecular flexibility index (Phi) is 12.5. The first kappa shape index (κ1) is 17.4. The van der Waals surface area contributed by atoms with E-state index in [1.807, 2.05) is 6.92 Å². The van der Waals surface area contributed by atoms with Crippen LogP contribution in [-0.4, -0.2) is 11.1 Å². The molecule has 0 radical (unpaired) electrons. The van der Waals surface area contributed by atoms with Crippen LogP contribution in [-0.2, 0) is 4.79 Å². The largest absolute Gasteiger partial charge is 0.289 e. The smallest absolute Gasteiger partial charge is 0.246 e. The molecule has 0 aromatic rings. The number of carbonyl (C=O) groups excluding carboxylic acids is 1. The van der Waals surface area contributed by atoms with Gasteiger partial charge in [0.1, 0.15) is 0 Å². The summed E-state index contributed by atoms with van der Waals surface area (Å²) in [6.45, 7) is 4.11. The maximum Gasteiger partial charge on any atom is 0.246 e. The highest BCUT2D eigenvalue weighted by Gasteiger charge is 2.10. The molecule has 18 heavy (non-hydrogen) atoms. The molecule has 0 aromatic heterocycles. The van der Waals surface area contributed by atoms with Gasteiger partial charge in [-0.15, -0.1) is 0 Å². The number of amides is 1. The van der Waals surface area contributed by atoms with Crippen molar-refractivity contribution in [3.05, 3.63) is 0 Å². The molecule has 0 bridgehead atoms. The van der Waals surface area contributed by atoms with Crippen molar-refractivity contribution in [2.45, 2.75) is 84.5 Å². The second kappa shape index (κ2) is 12.9. The summed E-state index contributed by atoms with van der Waals surface area (Å²) in [7, 11) is 0. The van der Waals surface area contributed by atoms with Crippen LogP contribution in [0.2, 0.25) is 0 Å². The summed E-state index contributed by atoms with van der Waals surface area (Å²) in [5.74, 6) is -0.324. The second-order valence-electron chi connectivity index (χ2n) is 5.35. The van der Waals surface area contributed by atoms with E-state index < -0.39 is 0 Å². The van der Waals surface area contributed by atoms with Crippen LogP contribution in [0, 0.1) is 5.92 Å². The van der Waals surface area contributed by atoms with Crippen LogP contribution in [0.3, 0.4) is 0 Å². The van der Waals surface area contributed by atoms with Crippen LogP contribution in [0.15, 0.2) is 0 Å². The van der Waals surface area contributed by atoms with E-state index in [9.17, 15) is 4.79 Å². The highest BCUT2D eigenvalue weighted by molar-refractivity contribution is 5.76. The van der Waals surface area contributed by atoms with Gasteiger partial charge < -0.3 is 0 Å². The summed E-state index contributed by atoms with van der Waals surface area (Å²) in [5.41, 5.74) is 1.71. The predicted octanol–water partition coefficient (Wildman–Crippen LogP) is 4.44. The van der Waals surface area contributed by atoms with Gasteiger partial charge in [0, 0.05) is 5.92 Å². The number of hydrogen-bond donors (Lipinski definition) is 2. The molecule has 0 aliphatic carbocycles. The fourth-order valence-electron chi connectivity index (χ4n) is 2.18. The van der Waals surface area contributed by atoms with Crippen LogP contribution >= 0.6 is 0 Å². The van der Waals surface area contributed by atoms with Crippen molar-refractivity contribution in [3.8, 4) is 0 Å². The summed E-state index contributed by atoms with van der Waals surface area (Å²) in [6, 6.07) is 0. The highest BCUT2D eigenvalue weighted by Crippen LogP contribution is 2.13. The topological polar surface area (TPSA) is 49.3 Å². The summed E-state index contributed by atoms with van der Waals surface area (Å²) in [4.78, 5) is 11.0. The van der Waals surface area contributed by atoms with E-state index in [-0.39, 0.29) is 11.8 Å². The minimum Gasteiger partial charge on any atom is -0.289 e. The van der Waals surface area contributed by atoms with Crippen LogP contribution in [0.25, 0.3) is 0 Å². The average molecular weight is 257 g/mol. The number of hydrogen-bond acceptors (Lipinski definition) is 2. The number of nitrogens with one attached hydrogen (secondary N) is 1. The molecule has 108 valence electrons. The van der Waals surface area contributed by atoms with Gasteiger partial charge in [0.05, 0.1) is 0 Å². The van der Waals surface area contributed by atoms with Crippen molar-refractivity contribution in [3.63, 3.8) is 0 Å². The third-order valence-electron chi connectivity index (χ3n) is 3.55. The molecule has 0 saturated carbocycles. The van der Waals surface area contributed by atoms with Crippen molar-refractivity contribution in [2.75, 3.05) is 0 Å². The van der Waals surface area contributed by atoms with E-state index >= 15 is 0 Å². The van der Waals surface area contributed by atoms with Gasteiger partial charge in [0.2, 0.25) is 5.91 Å². The van der Waals surface area contributed by atoms with E-state index in [0.29, 0.717) is 0 Å². The first-order valence-electron chi connectivity index (χ1n) is 7.66. The standard InChI is InChI=1S/C15H31NO2/c1-3-4-5-6-7-8-9-10-11-12-13-14(2)15(17)16-18/h14,18H,3-13H2,1-2H3,(H,16,17). The zero-order valence-corrected chi connectivity index (χ0v) is 12.2. The van der Waals surface area contributed by atoms with E-state index in [4.69, 9.17) is 5.21 Å². The monoisotopic (exact) mass is 257 g/mol. The zero-order chi connectivity index (χ0) is 13.6. The van der Waals surface area contributed by atoms with Crippen molar-refractivity contribution < 1.29 is 10.0 Å². The molecule has 0 saturated heterocycles. The lowest BCUT2D eigenvalue weighted by Crippen LogP contribution is -2.25. The average Bonchev–Trinajstić information content (AvgIpc) is 2.39. The molecule has 1 unspecified atom stereocenters. The molecule has 3 nitrogen and oxygen atoms in total. The van der Waals surface area contributed by atoms with E-state index in [1.165, 1.54) is 57.8 Å². The first-order valence-corrected chi connectivity index (χ1v) is 7.66. The summed E-state index contributed by atoms with van der Waals surface area (Å²) < 4.78 is 0. The van der Waals surface area contributed by atoms with Crippen LogP contribution in [0.1, 0.15) is 84.5 Å². The molecule has 0 spiro atoms. The molecule has 0 fully saturated rings. The molecule has 0 rings (SSSR count). The Labute approximate surface area is 112 Å². The molecule has 1 amide bonds. The van der Waals surface area contributed by atoms with E-state index in [2.05, 4.69) is 6.92 Å². The minimum atomic E-state index is -0.258. The van der Waals surface area contributed by atoms with Crippen molar-refractivity contribution in [1.82, 2.24) is 5.48 Å². The molecular weight excluding hydrogens is 226 g/mol. The van der Waals surface area contributed by atoms with Gasteiger partial charge in [-0.1, -0.05) is 78.1 Å². The normalized spacial score (nSPS) is 12.4. The first-order chi connectivity index (χ1) is 8.72. The lowest BCUT2D eigenvalue weighted by Gasteiger charge is -2.08. The second-order valence-corrected chi connectivity index (χ2v) is 5.35. The summed E-state index contributed by atoms with van der Waals surface area (Å²) in [6.07, 6.45) is 14.0. The van der Waals surface area contributed by atoms with Crippen LogP contribution in [0.5, 0.6) is 0 Å². The summed E-state index contributed by atoms with van der Waals surface area (Å²) in [5, 5.41) is 8.47. The molecule has 2 N–H and O–H groups in total. The molecule has 1 atom stereocenters. The number of rotatable bonds is 12. The summed E-state index contributed by atoms with van der Waals surface area (Å²) >= 11 is 0. The molecule has 0 heterocycles. The van der Waals surface area contributed by atoms with Crippen LogP contribution in [0.4, 0.5) is 0 Å². The lowest BCUT2D eigenvalue weighted by molar-refractivity contribution is -0.133. The van der Waals surface area contributed by atoms with Crippen molar-refractivity contribution in [1.29, 1.82) is 0 Å². The maximum atomic E-state index is 11.0. The lowest BCUT2D eigenvalue weighted by atomic mass is 10.0. The van der Waals surface area contributed by atoms with Gasteiger partial charge in [0.25, 0.3) is 0 Å². The molecule has 0 aliphatic rings. The molecule has 3 heteroatoms. The fourth-order valence-corrected chi connectivity index (χ4v) is 2.18. The van der Waals surface area contributed by atoms with Crippen LogP contribution < -0.4 is 5.48 Å². The Morgan fingerprint density at radius 3 is 1.83 bits per heavy atom. The number of hydroxylamine groups is 1. The Bertz CT molecular complexity index is 195. The van der Waals surface area contributed by atoms with Gasteiger partial charge in [-0.2, -0.15) is 0 Å². The maximum absolute atomic E-state index is 11.0. The van der Waals surface area contributed by atoms with E-state index in [1.54, 1.807) is 5.48 Å². The van der Waals surface area contributed by atoms with E-state index in [0.717, 1.165) is 12.8 Å². The van der Waals surface area contributed by atoms with Crippen molar-refractivity contribution in [2.24, 2.45) is 5.92 Å². The Morgan fingerprint density at radius 1 is 0.944 bits per heavy atom. The SMILES string of the molecule is CCCCCCCCCCCCC(C)C(=O)NO. The number of unbranched alkanes of at least 4 members (excludes halogenated alkanes) is 9. The third-order valence-corrected chi connectivity index (χ3v) is 3.55. The predicted molar refractivity (Wildman–Crippen MR) is 75.6 cm³/mol. The fraction of sp³-hybridized carbons (Fsp3) is 0.933. The molecule has 0 aliphatic heterocycles. The third kappa shape index (κ3) is 10.6. The van der Waals surface area contributed by atoms with Gasteiger partial charge in [-0.05, 0) is 6.42 Å². The Balaban J connectivity index is 3.14. The zero-order valence-electron chi connectivity index (χ0n) is 12.2.